The number of rotatable bonds is 7. The summed E-state index contributed by atoms with van der Waals surface area (Å²) in [5, 5.41) is 8.94. The van der Waals surface area contributed by atoms with Crippen LogP contribution in [0.5, 0.6) is 11.9 Å². The minimum Gasteiger partial charge on any atom is -0.481 e. The summed E-state index contributed by atoms with van der Waals surface area (Å²) < 4.78 is 26.0. The summed E-state index contributed by atoms with van der Waals surface area (Å²) in [6, 6.07) is 8.57. The van der Waals surface area contributed by atoms with Crippen molar-refractivity contribution in [2.45, 2.75) is 38.2 Å². The van der Waals surface area contributed by atoms with E-state index in [1.54, 1.807) is 36.7 Å². The number of carbonyl (C=O) groups is 1. The lowest BCUT2D eigenvalue weighted by molar-refractivity contribution is -0.138. The SMILES string of the molecule is COc1ccc2nc(-c3ccc(-c4cnc(OC5CCC(CC(=O)O)CC5)nc4)cc3F)[nH]c2n1. The van der Waals surface area contributed by atoms with Crippen LogP contribution >= 0.6 is 0 Å². The van der Waals surface area contributed by atoms with Crippen LogP contribution in [0.4, 0.5) is 4.39 Å². The third-order valence-corrected chi connectivity index (χ3v) is 6.24. The zero-order valence-corrected chi connectivity index (χ0v) is 19.1. The Balaban J connectivity index is 1.26. The number of carboxylic acid groups (broad SMARTS) is 1. The first-order valence-corrected chi connectivity index (χ1v) is 11.4. The van der Waals surface area contributed by atoms with E-state index in [1.807, 2.05) is 0 Å². The lowest BCUT2D eigenvalue weighted by Gasteiger charge is -2.27. The van der Waals surface area contributed by atoms with Gasteiger partial charge in [0, 0.05) is 30.4 Å². The van der Waals surface area contributed by atoms with Crippen LogP contribution in [0.1, 0.15) is 32.1 Å². The number of aromatic amines is 1. The summed E-state index contributed by atoms with van der Waals surface area (Å²) >= 11 is 0. The van der Waals surface area contributed by atoms with Crippen LogP contribution in [0, 0.1) is 11.7 Å². The van der Waals surface area contributed by atoms with Gasteiger partial charge >= 0.3 is 12.0 Å². The molecule has 0 amide bonds. The molecule has 0 spiro atoms. The van der Waals surface area contributed by atoms with Gasteiger partial charge in [-0.2, -0.15) is 4.98 Å². The quantitative estimate of drug-likeness (QED) is 0.395. The van der Waals surface area contributed by atoms with Gasteiger partial charge < -0.3 is 19.6 Å². The Hall–Kier alpha value is -4.08. The Kier molecular flexibility index (Phi) is 6.26. The first kappa shape index (κ1) is 22.7. The van der Waals surface area contributed by atoms with Crippen molar-refractivity contribution < 1.29 is 23.8 Å². The van der Waals surface area contributed by atoms with E-state index >= 15 is 0 Å². The van der Waals surface area contributed by atoms with Crippen LogP contribution in [0.25, 0.3) is 33.7 Å². The van der Waals surface area contributed by atoms with E-state index in [0.717, 1.165) is 25.7 Å². The number of benzene rings is 1. The number of carboxylic acids is 1. The van der Waals surface area contributed by atoms with Gasteiger partial charge in [-0.1, -0.05) is 6.07 Å². The van der Waals surface area contributed by atoms with E-state index in [4.69, 9.17) is 14.6 Å². The molecule has 2 N–H and O–H groups in total. The maximum atomic E-state index is 15.0. The highest BCUT2D eigenvalue weighted by Gasteiger charge is 2.24. The number of fused-ring (bicyclic) bond motifs is 1. The molecule has 180 valence electrons. The summed E-state index contributed by atoms with van der Waals surface area (Å²) in [7, 11) is 1.53. The molecule has 0 saturated heterocycles. The number of imidazole rings is 1. The number of pyridine rings is 1. The summed E-state index contributed by atoms with van der Waals surface area (Å²) in [6.07, 6.45) is 6.56. The van der Waals surface area contributed by atoms with Gasteiger partial charge in [-0.05, 0) is 55.4 Å². The largest absolute Gasteiger partial charge is 0.481 e. The highest BCUT2D eigenvalue weighted by atomic mass is 19.1. The standard InChI is InChI=1S/C25H24FN5O4/c1-34-21-9-8-20-24(30-21)31-23(29-20)18-7-4-15(11-19(18)26)16-12-27-25(28-13-16)35-17-5-2-14(3-6-17)10-22(32)33/h4,7-9,11-14,17H,2-3,5-6,10H2,1H3,(H,32,33)(H,29,30,31). The summed E-state index contributed by atoms with van der Waals surface area (Å²) in [5.41, 5.74) is 2.74. The smallest absolute Gasteiger partial charge is 0.316 e. The predicted octanol–water partition coefficient (Wildman–Crippen LogP) is 4.64. The zero-order valence-electron chi connectivity index (χ0n) is 19.1. The summed E-state index contributed by atoms with van der Waals surface area (Å²) in [6.45, 7) is 0. The molecular formula is C25H24FN5O4. The fourth-order valence-electron chi connectivity index (χ4n) is 4.38. The van der Waals surface area contributed by atoms with Crippen molar-refractivity contribution in [2.24, 2.45) is 5.92 Å². The highest BCUT2D eigenvalue weighted by Crippen LogP contribution is 2.30. The fourth-order valence-corrected chi connectivity index (χ4v) is 4.38. The second kappa shape index (κ2) is 9.65. The van der Waals surface area contributed by atoms with Crippen molar-refractivity contribution >= 4 is 17.1 Å². The molecule has 3 aromatic heterocycles. The normalized spacial score (nSPS) is 17.9. The lowest BCUT2D eigenvalue weighted by atomic mass is 9.85. The van der Waals surface area contributed by atoms with Gasteiger partial charge in [0.05, 0.1) is 12.7 Å². The third kappa shape index (κ3) is 5.06. The van der Waals surface area contributed by atoms with Gasteiger partial charge in [0.25, 0.3) is 0 Å². The fraction of sp³-hybridized carbons (Fsp3) is 0.320. The number of nitrogens with one attached hydrogen (secondary N) is 1. The van der Waals surface area contributed by atoms with Gasteiger partial charge in [0.1, 0.15) is 23.3 Å². The summed E-state index contributed by atoms with van der Waals surface area (Å²) in [4.78, 5) is 31.2. The van der Waals surface area contributed by atoms with Crippen LogP contribution in [0.3, 0.4) is 0 Å². The molecule has 0 aliphatic heterocycles. The molecule has 9 nitrogen and oxygen atoms in total. The van der Waals surface area contributed by atoms with E-state index in [-0.39, 0.29) is 24.5 Å². The molecule has 4 aromatic rings. The molecule has 1 aromatic carbocycles. The third-order valence-electron chi connectivity index (χ3n) is 6.24. The number of H-pyrrole nitrogens is 1. The van der Waals surface area contributed by atoms with Crippen molar-refractivity contribution in [1.29, 1.82) is 0 Å². The van der Waals surface area contributed by atoms with Gasteiger partial charge in [0.2, 0.25) is 5.88 Å². The van der Waals surface area contributed by atoms with E-state index in [0.29, 0.717) is 39.6 Å². The van der Waals surface area contributed by atoms with E-state index < -0.39 is 11.8 Å². The predicted molar refractivity (Wildman–Crippen MR) is 125 cm³/mol. The van der Waals surface area contributed by atoms with Gasteiger partial charge in [-0.15, -0.1) is 0 Å². The maximum Gasteiger partial charge on any atom is 0.316 e. The number of methoxy groups -OCH3 is 1. The Morgan fingerprint density at radius 2 is 1.86 bits per heavy atom. The van der Waals surface area contributed by atoms with Crippen LogP contribution in [0.15, 0.2) is 42.7 Å². The van der Waals surface area contributed by atoms with Crippen molar-refractivity contribution in [1.82, 2.24) is 24.9 Å². The average molecular weight is 477 g/mol. The second-order valence-corrected chi connectivity index (χ2v) is 8.61. The number of ether oxygens (including phenoxy) is 2. The van der Waals surface area contributed by atoms with Crippen LogP contribution < -0.4 is 9.47 Å². The number of hydrogen-bond donors (Lipinski definition) is 2. The number of halogens is 1. The van der Waals surface area contributed by atoms with E-state index in [1.165, 1.54) is 13.2 Å². The molecule has 1 aliphatic carbocycles. The van der Waals surface area contributed by atoms with Crippen molar-refractivity contribution in [3.63, 3.8) is 0 Å². The highest BCUT2D eigenvalue weighted by molar-refractivity contribution is 5.77. The minimum atomic E-state index is -0.756. The van der Waals surface area contributed by atoms with Crippen molar-refractivity contribution in [3.05, 3.63) is 48.5 Å². The Morgan fingerprint density at radius 1 is 1.09 bits per heavy atom. The lowest BCUT2D eigenvalue weighted by Crippen LogP contribution is -2.25. The Morgan fingerprint density at radius 3 is 2.54 bits per heavy atom. The molecule has 5 rings (SSSR count). The second-order valence-electron chi connectivity index (χ2n) is 8.61. The van der Waals surface area contributed by atoms with Crippen LogP contribution in [0.2, 0.25) is 0 Å². The molecule has 3 heterocycles. The Labute approximate surface area is 200 Å². The Bertz CT molecular complexity index is 1350. The van der Waals surface area contributed by atoms with Gasteiger partial charge in [-0.3, -0.25) is 4.79 Å². The monoisotopic (exact) mass is 477 g/mol. The zero-order chi connectivity index (χ0) is 24.4. The van der Waals surface area contributed by atoms with Crippen LogP contribution in [-0.4, -0.2) is 49.2 Å². The first-order chi connectivity index (χ1) is 17.0. The molecule has 10 heteroatoms. The first-order valence-electron chi connectivity index (χ1n) is 11.4. The van der Waals surface area contributed by atoms with E-state index in [2.05, 4.69) is 24.9 Å². The number of aromatic nitrogens is 5. The summed E-state index contributed by atoms with van der Waals surface area (Å²) in [5.74, 6) is -0.170. The van der Waals surface area contributed by atoms with Crippen molar-refractivity contribution in [2.75, 3.05) is 7.11 Å². The van der Waals surface area contributed by atoms with Gasteiger partial charge in [0.15, 0.2) is 5.65 Å². The average Bonchev–Trinajstić information content (AvgIpc) is 3.28. The molecule has 0 bridgehead atoms. The molecule has 0 unspecified atom stereocenters. The molecular weight excluding hydrogens is 453 g/mol. The van der Waals surface area contributed by atoms with Crippen molar-refractivity contribution in [3.8, 4) is 34.4 Å². The van der Waals surface area contributed by atoms with E-state index in [9.17, 15) is 9.18 Å². The molecule has 1 aliphatic rings. The minimum absolute atomic E-state index is 0.0270. The molecule has 1 fully saturated rings. The van der Waals surface area contributed by atoms with Gasteiger partial charge in [-0.25, -0.2) is 19.3 Å². The molecule has 35 heavy (non-hydrogen) atoms. The molecule has 1 saturated carbocycles. The van der Waals surface area contributed by atoms with Crippen LogP contribution in [-0.2, 0) is 4.79 Å². The molecule has 0 radical (unpaired) electrons. The number of aliphatic carboxylic acids is 1. The molecule has 0 atom stereocenters. The number of hydrogen-bond acceptors (Lipinski definition) is 7. The topological polar surface area (TPSA) is 123 Å². The number of nitrogens with zero attached hydrogens (tertiary/aromatic N) is 4. The maximum absolute atomic E-state index is 15.0.